The summed E-state index contributed by atoms with van der Waals surface area (Å²) in [5, 5.41) is 6.49. The number of halogens is 1. The lowest BCUT2D eigenvalue weighted by Gasteiger charge is -2.29. The molecular formula is C23H28FN3O. The van der Waals surface area contributed by atoms with Crippen LogP contribution in [0.4, 0.5) is 4.39 Å². The summed E-state index contributed by atoms with van der Waals surface area (Å²) in [6, 6.07) is 8.43. The Morgan fingerprint density at radius 1 is 1.25 bits per heavy atom. The summed E-state index contributed by atoms with van der Waals surface area (Å²) in [7, 11) is 0. The Morgan fingerprint density at radius 2 is 2.00 bits per heavy atom. The van der Waals surface area contributed by atoms with E-state index >= 15 is 0 Å². The first-order chi connectivity index (χ1) is 13.4. The van der Waals surface area contributed by atoms with Crippen LogP contribution in [0, 0.1) is 0 Å². The van der Waals surface area contributed by atoms with Crippen LogP contribution in [-0.4, -0.2) is 12.8 Å². The zero-order chi connectivity index (χ0) is 20.1. The fourth-order valence-electron chi connectivity index (χ4n) is 3.33. The Labute approximate surface area is 166 Å². The minimum Gasteiger partial charge on any atom is -0.405 e. The predicted molar refractivity (Wildman–Crippen MR) is 112 cm³/mol. The molecule has 0 bridgehead atoms. The van der Waals surface area contributed by atoms with Crippen molar-refractivity contribution in [3.63, 3.8) is 0 Å². The van der Waals surface area contributed by atoms with Gasteiger partial charge in [0.1, 0.15) is 12.0 Å². The summed E-state index contributed by atoms with van der Waals surface area (Å²) in [5.41, 5.74) is 10.5. The molecule has 0 spiro atoms. The third-order valence-electron chi connectivity index (χ3n) is 5.20. The van der Waals surface area contributed by atoms with Gasteiger partial charge in [0, 0.05) is 17.3 Å². The average Bonchev–Trinajstić information content (AvgIpc) is 3.11. The van der Waals surface area contributed by atoms with Crippen molar-refractivity contribution in [3.8, 4) is 0 Å². The molecule has 5 heteroatoms. The van der Waals surface area contributed by atoms with E-state index < -0.39 is 0 Å². The van der Waals surface area contributed by atoms with Crippen LogP contribution < -0.4 is 16.4 Å². The topological polar surface area (TPSA) is 59.3 Å². The van der Waals surface area contributed by atoms with E-state index in [1.165, 1.54) is 18.0 Å². The number of nitrogens with two attached hydrogens (primary N) is 1. The molecule has 3 rings (SSSR count). The van der Waals surface area contributed by atoms with E-state index in [1.807, 2.05) is 25.2 Å². The number of rotatable bonds is 7. The minimum absolute atomic E-state index is 0.0650. The molecule has 2 aliphatic rings. The fourth-order valence-corrected chi connectivity index (χ4v) is 3.33. The highest BCUT2D eigenvalue weighted by molar-refractivity contribution is 5.47. The summed E-state index contributed by atoms with van der Waals surface area (Å²) >= 11 is 0. The molecule has 2 heterocycles. The second kappa shape index (κ2) is 8.48. The second-order valence-corrected chi connectivity index (χ2v) is 7.51. The van der Waals surface area contributed by atoms with E-state index in [-0.39, 0.29) is 17.4 Å². The van der Waals surface area contributed by atoms with Gasteiger partial charge in [0.2, 0.25) is 0 Å². The third kappa shape index (κ3) is 4.37. The summed E-state index contributed by atoms with van der Waals surface area (Å²) < 4.78 is 19.2. The average molecular weight is 381 g/mol. The minimum atomic E-state index is -0.254. The molecular weight excluding hydrogens is 353 g/mol. The van der Waals surface area contributed by atoms with Crippen molar-refractivity contribution in [1.82, 2.24) is 10.6 Å². The highest BCUT2D eigenvalue weighted by Gasteiger charge is 2.33. The Bertz CT molecular complexity index is 860. The zero-order valence-corrected chi connectivity index (χ0v) is 16.6. The zero-order valence-electron chi connectivity index (χ0n) is 16.6. The maximum atomic E-state index is 13.5. The van der Waals surface area contributed by atoms with E-state index in [0.29, 0.717) is 13.2 Å². The van der Waals surface area contributed by atoms with E-state index in [9.17, 15) is 4.39 Å². The van der Waals surface area contributed by atoms with Crippen LogP contribution in [0.15, 0.2) is 83.6 Å². The van der Waals surface area contributed by atoms with E-state index in [2.05, 4.69) is 48.7 Å². The van der Waals surface area contributed by atoms with Crippen LogP contribution in [-0.2, 0) is 16.8 Å². The van der Waals surface area contributed by atoms with Gasteiger partial charge in [-0.15, -0.1) is 0 Å². The molecule has 2 aliphatic heterocycles. The summed E-state index contributed by atoms with van der Waals surface area (Å²) in [4.78, 5) is 0. The fraction of sp³-hybridized carbons (Fsp3) is 0.304. The van der Waals surface area contributed by atoms with Crippen LogP contribution in [0.2, 0.25) is 0 Å². The van der Waals surface area contributed by atoms with E-state index in [4.69, 9.17) is 10.5 Å². The number of benzene rings is 1. The number of hydrogen-bond donors (Lipinski definition) is 3. The number of allylic oxidation sites excluding steroid dienone is 4. The Balaban J connectivity index is 1.65. The predicted octanol–water partition coefficient (Wildman–Crippen LogP) is 4.05. The van der Waals surface area contributed by atoms with Crippen LogP contribution in [0.1, 0.15) is 31.9 Å². The van der Waals surface area contributed by atoms with Gasteiger partial charge in [-0.2, -0.15) is 0 Å². The molecule has 4 nitrogen and oxygen atoms in total. The summed E-state index contributed by atoms with van der Waals surface area (Å²) in [6.45, 7) is 7.37. The first-order valence-electron chi connectivity index (χ1n) is 9.46. The number of hydrogen-bond acceptors (Lipinski definition) is 4. The molecule has 1 unspecified atom stereocenters. The van der Waals surface area contributed by atoms with Gasteiger partial charge in [-0.3, -0.25) is 0 Å². The highest BCUT2D eigenvalue weighted by atomic mass is 19.1. The van der Waals surface area contributed by atoms with Crippen molar-refractivity contribution in [2.24, 2.45) is 5.73 Å². The quantitative estimate of drug-likeness (QED) is 0.624. The standard InChI is InChI=1S/C23H28FN3O/c1-4-16(9-10-25)14-28-15-17-5-7-19(8-6-17)23(2,3)21-12-18-11-20(24)13-26-22(18)27-21/h4-13,22,26-27H,14-15,25H2,1-3H3/b10-9-,16-4+. The molecule has 0 radical (unpaired) electrons. The number of nitrogens with one attached hydrogen (secondary N) is 2. The SMILES string of the molecule is C/C=C(\C=C/N)COCc1ccc(C(C)(C)C2=CC3=CC(F)=CNC3N2)cc1. The van der Waals surface area contributed by atoms with Crippen molar-refractivity contribution in [2.45, 2.75) is 39.0 Å². The molecule has 1 aromatic rings. The van der Waals surface area contributed by atoms with Gasteiger partial charge in [0.15, 0.2) is 0 Å². The van der Waals surface area contributed by atoms with Crippen molar-refractivity contribution >= 4 is 0 Å². The van der Waals surface area contributed by atoms with Gasteiger partial charge in [-0.1, -0.05) is 44.2 Å². The van der Waals surface area contributed by atoms with Crippen LogP contribution in [0.5, 0.6) is 0 Å². The maximum Gasteiger partial charge on any atom is 0.139 e. The Morgan fingerprint density at radius 3 is 2.68 bits per heavy atom. The highest BCUT2D eigenvalue weighted by Crippen LogP contribution is 2.35. The molecule has 1 atom stereocenters. The molecule has 0 amide bonds. The molecule has 148 valence electrons. The number of ether oxygens (including phenoxy) is 1. The molecule has 0 saturated heterocycles. The summed E-state index contributed by atoms with van der Waals surface area (Å²) in [5.74, 6) is -0.254. The molecule has 0 fully saturated rings. The van der Waals surface area contributed by atoms with Gasteiger partial charge in [-0.25, -0.2) is 4.39 Å². The van der Waals surface area contributed by atoms with Crippen molar-refractivity contribution in [2.75, 3.05) is 6.61 Å². The van der Waals surface area contributed by atoms with Crippen molar-refractivity contribution < 1.29 is 9.13 Å². The smallest absolute Gasteiger partial charge is 0.139 e. The molecule has 4 N–H and O–H groups in total. The van der Waals surface area contributed by atoms with E-state index in [1.54, 1.807) is 6.08 Å². The van der Waals surface area contributed by atoms with Gasteiger partial charge in [0.05, 0.1) is 13.2 Å². The second-order valence-electron chi connectivity index (χ2n) is 7.51. The van der Waals surface area contributed by atoms with E-state index in [0.717, 1.165) is 22.4 Å². The number of fused-ring (bicyclic) bond motifs is 1. The van der Waals surface area contributed by atoms with Crippen LogP contribution >= 0.6 is 0 Å². The van der Waals surface area contributed by atoms with Crippen LogP contribution in [0.3, 0.4) is 0 Å². The maximum absolute atomic E-state index is 13.5. The first kappa shape index (κ1) is 20.0. The van der Waals surface area contributed by atoms with Gasteiger partial charge < -0.3 is 21.1 Å². The van der Waals surface area contributed by atoms with Crippen molar-refractivity contribution in [3.05, 3.63) is 94.8 Å². The van der Waals surface area contributed by atoms with Crippen molar-refractivity contribution in [1.29, 1.82) is 0 Å². The molecule has 28 heavy (non-hydrogen) atoms. The normalized spacial score (nSPS) is 19.5. The number of dihydropyridines is 1. The molecule has 0 aliphatic carbocycles. The van der Waals surface area contributed by atoms with Gasteiger partial charge in [0.25, 0.3) is 0 Å². The Kier molecular flexibility index (Phi) is 6.05. The van der Waals surface area contributed by atoms with Gasteiger partial charge in [-0.05, 0) is 53.6 Å². The Hall–Kier alpha value is -2.79. The summed E-state index contributed by atoms with van der Waals surface area (Å²) in [6.07, 6.45) is 10.3. The lowest BCUT2D eigenvalue weighted by molar-refractivity contribution is 0.144. The largest absolute Gasteiger partial charge is 0.405 e. The molecule has 0 aromatic heterocycles. The lowest BCUT2D eigenvalue weighted by atomic mass is 9.81. The lowest BCUT2D eigenvalue weighted by Crippen LogP contribution is -2.41. The molecule has 0 saturated carbocycles. The van der Waals surface area contributed by atoms with Crippen LogP contribution in [0.25, 0.3) is 0 Å². The monoisotopic (exact) mass is 381 g/mol. The van der Waals surface area contributed by atoms with Gasteiger partial charge >= 0.3 is 0 Å². The first-order valence-corrected chi connectivity index (χ1v) is 9.46. The third-order valence-corrected chi connectivity index (χ3v) is 5.20. The molecule has 1 aromatic carbocycles.